The fourth-order valence-electron chi connectivity index (χ4n) is 11.2. The summed E-state index contributed by atoms with van der Waals surface area (Å²) in [7, 11) is -3.40. The van der Waals surface area contributed by atoms with Gasteiger partial charge in [-0.15, -0.1) is 0 Å². The second-order valence-corrected chi connectivity index (χ2v) is 32.7. The summed E-state index contributed by atoms with van der Waals surface area (Å²) < 4.78 is 66.1. The topological polar surface area (TPSA) is 213 Å². The van der Waals surface area contributed by atoms with Gasteiger partial charge in [0, 0.05) is 12.8 Å². The minimum atomic E-state index is -3.40. The quantitative estimate of drug-likeness (QED) is 0.0185. The van der Waals surface area contributed by atoms with E-state index in [2.05, 4.69) is 24.5 Å². The zero-order valence-electron chi connectivity index (χ0n) is 53.5. The molecule has 90 heavy (non-hydrogen) atoms. The first-order valence-electron chi connectivity index (χ1n) is 32.9. The Morgan fingerprint density at radius 3 is 1.28 bits per heavy atom. The highest BCUT2D eigenvalue weighted by Crippen LogP contribution is 2.51. The van der Waals surface area contributed by atoms with Crippen molar-refractivity contribution in [1.29, 1.82) is 0 Å². The number of hydrogen-bond donors (Lipinski definition) is 3. The van der Waals surface area contributed by atoms with Crippen LogP contribution in [0.1, 0.15) is 205 Å². The summed E-state index contributed by atoms with van der Waals surface area (Å²) in [6.45, 7) is 5.41. The molecule has 0 aromatic heterocycles. The predicted octanol–water partition coefficient (Wildman–Crippen LogP) is 17.0. The predicted molar refractivity (Wildman–Crippen MR) is 357 cm³/mol. The van der Waals surface area contributed by atoms with Gasteiger partial charge >= 0.3 is 24.1 Å². The molecular weight excluding hydrogens is 1300 g/mol. The lowest BCUT2D eigenvalue weighted by Crippen LogP contribution is -2.67. The second kappa shape index (κ2) is 45.2. The Morgan fingerprint density at radius 1 is 0.500 bits per heavy atom. The number of alkyl halides is 6. The molecule has 3 N–H and O–H groups in total. The van der Waals surface area contributed by atoms with Crippen LogP contribution in [0.5, 0.6) is 0 Å². The first-order chi connectivity index (χ1) is 43.1. The van der Waals surface area contributed by atoms with Crippen molar-refractivity contribution in [2.45, 2.75) is 275 Å². The number of esters is 2. The summed E-state index contributed by atoms with van der Waals surface area (Å²) in [6, 6.07) is 15.5. The van der Waals surface area contributed by atoms with E-state index < -0.39 is 120 Å². The van der Waals surface area contributed by atoms with Gasteiger partial charge in [0.15, 0.2) is 18.7 Å². The molecule has 17 nitrogen and oxygen atoms in total. The molecule has 2 amide bonds. The minimum Gasteiger partial charge on any atom is -0.459 e. The summed E-state index contributed by atoms with van der Waals surface area (Å²) in [4.78, 5) is 55.4. The Balaban J connectivity index is 1.63. The molecule has 0 spiro atoms. The Labute approximate surface area is 566 Å². The average Bonchev–Trinajstić information content (AvgIpc) is 0.791. The molecule has 514 valence electrons. The normalized spacial score (nSPS) is 22.2. The number of aliphatic hydroxyl groups is 1. The van der Waals surface area contributed by atoms with E-state index in [9.17, 15) is 28.8 Å². The van der Waals surface area contributed by atoms with Gasteiger partial charge in [-0.2, -0.15) is 0 Å². The van der Waals surface area contributed by atoms with E-state index in [1.807, 2.05) is 36.4 Å². The van der Waals surface area contributed by atoms with Crippen LogP contribution in [0.3, 0.4) is 0 Å². The first-order valence-corrected chi connectivity index (χ1v) is 37.8. The van der Waals surface area contributed by atoms with Crippen LogP contribution in [-0.4, -0.2) is 137 Å². The average molecular weight is 1410 g/mol. The van der Waals surface area contributed by atoms with Crippen molar-refractivity contribution in [1.82, 2.24) is 10.6 Å². The van der Waals surface area contributed by atoms with Gasteiger partial charge in [0.25, 0.3) is 0 Å². The molecule has 10 atom stereocenters. The van der Waals surface area contributed by atoms with Crippen LogP contribution in [0, 0.1) is 0 Å². The van der Waals surface area contributed by atoms with Crippen molar-refractivity contribution in [2.75, 3.05) is 39.8 Å². The van der Waals surface area contributed by atoms with Crippen molar-refractivity contribution in [2.24, 2.45) is 0 Å². The fourth-order valence-corrected chi connectivity index (χ4v) is 13.4. The highest BCUT2D eigenvalue weighted by atomic mass is 35.6. The highest BCUT2D eigenvalue weighted by molar-refractivity contribution is 7.63. The van der Waals surface area contributed by atoms with Crippen LogP contribution in [0.4, 0.5) is 9.59 Å². The SMILES string of the molecule is CCCCCCCCCCCCCCCC(=O)OC1[C@H](O)C(CO[C@@H]2OC(COCc3ccccc3)[C@@H](P(C)(C)=O)C(OC(=O)CCCCCCCCCCCCCCC)[C@@H]2NC(=O)OCC(Cl)(Cl)Cl)O[C@H](OCc2ccccc2)[C@H]1NC(=O)OCC(Cl)(Cl)Cl. The minimum absolute atomic E-state index is 0.00626. The number of nitrogens with one attached hydrogen (secondary N) is 2. The summed E-state index contributed by atoms with van der Waals surface area (Å²) in [5.41, 5.74) is 0.444. The van der Waals surface area contributed by atoms with Crippen LogP contribution < -0.4 is 10.6 Å². The Morgan fingerprint density at radius 2 is 0.867 bits per heavy atom. The summed E-state index contributed by atoms with van der Waals surface area (Å²) in [5.74, 6) is -1.29. The van der Waals surface area contributed by atoms with Crippen molar-refractivity contribution in [3.05, 3.63) is 71.8 Å². The lowest BCUT2D eigenvalue weighted by Gasteiger charge is -2.48. The Hall–Kier alpha value is -2.35. The molecule has 2 aromatic carbocycles. The third kappa shape index (κ3) is 34.4. The number of halogens is 6. The smallest absolute Gasteiger partial charge is 0.407 e. The van der Waals surface area contributed by atoms with Gasteiger partial charge in [0.05, 0.1) is 45.3 Å². The standard InChI is InChI=1S/C66H103Cl6N2O15P/c1-5-7-9-11-13-15-17-19-21-23-25-27-35-41-53(75)88-58-55(73-63(78)84-47-65(67,68)69)61(82-44-50-39-33-30-34-40-50)86-51(57(58)77)46-83-62-56(74-64(79)85-48-66(70,71)72)59(60(90(3,4)80)52(87-62)45-81-43-49-37-31-29-32-38-49)89-54(76)42-36-28-26-24-22-20-18-16-14-12-10-8-6-2/h29-34,37-40,51-52,55-62,77H,5-28,35-36,41-48H2,1-4H3,(H,73,78)(H,74,79)/t51?,52?,55-,56-,57+,58?,59?,60+,61-,62+/m0/s1. The van der Waals surface area contributed by atoms with Gasteiger partial charge in [-0.1, -0.05) is 298 Å². The number of carbonyl (C=O) groups is 4. The van der Waals surface area contributed by atoms with Gasteiger partial charge in [-0.25, -0.2) is 9.59 Å². The van der Waals surface area contributed by atoms with E-state index in [0.717, 1.165) is 56.9 Å². The largest absolute Gasteiger partial charge is 0.459 e. The van der Waals surface area contributed by atoms with E-state index >= 15 is 0 Å². The molecule has 0 bridgehead atoms. The zero-order chi connectivity index (χ0) is 65.6. The van der Waals surface area contributed by atoms with Gasteiger partial charge in [-0.3, -0.25) is 9.59 Å². The van der Waals surface area contributed by atoms with E-state index in [1.54, 1.807) is 24.3 Å². The molecule has 24 heteroatoms. The van der Waals surface area contributed by atoms with Gasteiger partial charge < -0.3 is 62.9 Å². The van der Waals surface area contributed by atoms with Crippen LogP contribution in [-0.2, 0) is 70.0 Å². The second-order valence-electron chi connectivity index (χ2n) is 24.2. The lowest BCUT2D eigenvalue weighted by molar-refractivity contribution is -0.297. The Bertz CT molecular complexity index is 2320. The van der Waals surface area contributed by atoms with Gasteiger partial charge in [0.2, 0.25) is 7.59 Å². The molecule has 0 aliphatic carbocycles. The number of aliphatic hydroxyl groups excluding tert-OH is 1. The van der Waals surface area contributed by atoms with E-state index in [0.29, 0.717) is 18.4 Å². The van der Waals surface area contributed by atoms with E-state index in [-0.39, 0.29) is 32.7 Å². The maximum atomic E-state index is 14.7. The summed E-state index contributed by atoms with van der Waals surface area (Å²) in [5, 5.41) is 17.7. The van der Waals surface area contributed by atoms with Crippen molar-refractivity contribution < 1.29 is 71.5 Å². The molecule has 2 saturated heterocycles. The van der Waals surface area contributed by atoms with Crippen molar-refractivity contribution in [3.63, 3.8) is 0 Å². The fraction of sp³-hybridized carbons (Fsp3) is 0.758. The van der Waals surface area contributed by atoms with Crippen LogP contribution in [0.15, 0.2) is 60.7 Å². The van der Waals surface area contributed by atoms with Crippen molar-refractivity contribution in [3.8, 4) is 0 Å². The summed E-state index contributed by atoms with van der Waals surface area (Å²) in [6.07, 6.45) is 16.1. The molecule has 0 saturated carbocycles. The zero-order valence-corrected chi connectivity index (χ0v) is 58.9. The number of rotatable bonds is 45. The maximum absolute atomic E-state index is 14.7. The maximum Gasteiger partial charge on any atom is 0.407 e. The molecule has 0 radical (unpaired) electrons. The van der Waals surface area contributed by atoms with E-state index in [4.69, 9.17) is 112 Å². The summed E-state index contributed by atoms with van der Waals surface area (Å²) >= 11 is 35.8. The Kier molecular flexibility index (Phi) is 40.2. The third-order valence-electron chi connectivity index (χ3n) is 15.9. The molecule has 2 aliphatic heterocycles. The molecule has 2 aliphatic rings. The number of amides is 2. The number of unbranched alkanes of at least 4 members (excludes halogenated alkanes) is 24. The van der Waals surface area contributed by atoms with Crippen molar-refractivity contribution >= 4 is 101 Å². The number of alkyl carbamates (subject to hydrolysis) is 2. The molecule has 2 fully saturated rings. The van der Waals surface area contributed by atoms with Gasteiger partial charge in [-0.05, 0) is 37.3 Å². The molecular formula is C66H103Cl6N2O15P. The number of ether oxygens (including phenoxy) is 9. The van der Waals surface area contributed by atoms with Crippen LogP contribution >= 0.6 is 76.7 Å². The van der Waals surface area contributed by atoms with Crippen LogP contribution in [0.2, 0.25) is 0 Å². The van der Waals surface area contributed by atoms with Gasteiger partial charge in [0.1, 0.15) is 43.6 Å². The number of carbonyl (C=O) groups excluding carboxylic acids is 4. The number of hydrogen-bond acceptors (Lipinski definition) is 15. The molecule has 2 heterocycles. The monoisotopic (exact) mass is 1400 g/mol. The van der Waals surface area contributed by atoms with Crippen LogP contribution in [0.25, 0.3) is 0 Å². The molecule has 2 aromatic rings. The highest BCUT2D eigenvalue weighted by Gasteiger charge is 2.55. The molecule has 4 unspecified atom stereocenters. The first kappa shape index (κ1) is 80.1. The third-order valence-corrected chi connectivity index (χ3v) is 18.7. The lowest BCUT2D eigenvalue weighted by atomic mass is 9.96. The molecule has 4 rings (SSSR count). The number of benzene rings is 2. The van der Waals surface area contributed by atoms with E-state index in [1.165, 1.54) is 116 Å².